The van der Waals surface area contributed by atoms with Crippen LogP contribution in [0.5, 0.6) is 0 Å². The average Bonchev–Trinajstić information content (AvgIpc) is 2.27. The van der Waals surface area contributed by atoms with Crippen LogP contribution >= 0.6 is 0 Å². The van der Waals surface area contributed by atoms with Gasteiger partial charge in [-0.3, -0.25) is 0 Å². The molecule has 0 bridgehead atoms. The van der Waals surface area contributed by atoms with Crippen molar-refractivity contribution in [3.05, 3.63) is 12.2 Å². The van der Waals surface area contributed by atoms with E-state index in [2.05, 4.69) is 34.3 Å². The fourth-order valence-electron chi connectivity index (χ4n) is 3.07. The molecule has 0 saturated heterocycles. The quantitative estimate of drug-likeness (QED) is 0.480. The lowest BCUT2D eigenvalue weighted by Crippen LogP contribution is -2.40. The van der Waals surface area contributed by atoms with E-state index in [0.717, 1.165) is 0 Å². The van der Waals surface area contributed by atoms with Crippen LogP contribution in [0.2, 0.25) is 23.7 Å². The molecule has 0 rings (SSSR count). The lowest BCUT2D eigenvalue weighted by molar-refractivity contribution is -0.132. The molecule has 0 amide bonds. The van der Waals surface area contributed by atoms with Gasteiger partial charge in [-0.2, -0.15) is 0 Å². The Balaban J connectivity index is 5.09. The molecule has 0 fully saturated rings. The third-order valence-corrected chi connectivity index (χ3v) is 10.6. The van der Waals surface area contributed by atoms with Gasteiger partial charge < -0.3 is 5.11 Å². The van der Waals surface area contributed by atoms with Gasteiger partial charge in [0.2, 0.25) is 0 Å². The second kappa shape index (κ2) is 7.70. The summed E-state index contributed by atoms with van der Waals surface area (Å²) in [4.78, 5) is 11.1. The van der Waals surface area contributed by atoms with Crippen molar-refractivity contribution in [1.29, 1.82) is 0 Å². The van der Waals surface area contributed by atoms with Crippen molar-refractivity contribution < 1.29 is 9.90 Å². The zero-order chi connectivity index (χ0) is 13.5. The fourth-order valence-corrected chi connectivity index (χ4v) is 8.97. The van der Waals surface area contributed by atoms with Gasteiger partial charge in [0.1, 0.15) is 0 Å². The maximum atomic E-state index is 11.1. The minimum Gasteiger partial charge on any atom is -0.478 e. The lowest BCUT2D eigenvalue weighted by atomic mass is 10.2. The van der Waals surface area contributed by atoms with Crippen LogP contribution in [0.4, 0.5) is 0 Å². The molecule has 1 unspecified atom stereocenters. The molecule has 0 aliphatic rings. The SMILES string of the molecule is C=C(C(=O)O)C(C)[Si](CCC)(CCC)CCC. The van der Waals surface area contributed by atoms with E-state index in [-0.39, 0.29) is 5.54 Å². The van der Waals surface area contributed by atoms with Gasteiger partial charge in [0.25, 0.3) is 0 Å². The summed E-state index contributed by atoms with van der Waals surface area (Å²) >= 11 is 0. The van der Waals surface area contributed by atoms with Crippen molar-refractivity contribution >= 4 is 14.0 Å². The van der Waals surface area contributed by atoms with E-state index in [1.165, 1.54) is 37.4 Å². The largest absolute Gasteiger partial charge is 0.478 e. The number of hydrogen-bond acceptors (Lipinski definition) is 1. The standard InChI is InChI=1S/C14H28O2Si/c1-6-9-17(10-7-2,11-8-3)13(5)12(4)14(15)16/h13H,4,6-11H2,1-3,5H3,(H,15,16). The molecular weight excluding hydrogens is 228 g/mol. The van der Waals surface area contributed by atoms with Gasteiger partial charge in [-0.05, 0) is 5.54 Å². The molecule has 0 aliphatic heterocycles. The maximum Gasteiger partial charge on any atom is 0.330 e. The monoisotopic (exact) mass is 256 g/mol. The van der Waals surface area contributed by atoms with E-state index in [1.54, 1.807) is 0 Å². The molecule has 0 aromatic carbocycles. The maximum absolute atomic E-state index is 11.1. The molecule has 0 radical (unpaired) electrons. The van der Waals surface area contributed by atoms with Crippen LogP contribution < -0.4 is 0 Å². The topological polar surface area (TPSA) is 37.3 Å². The third kappa shape index (κ3) is 4.30. The van der Waals surface area contributed by atoms with Gasteiger partial charge >= 0.3 is 5.97 Å². The van der Waals surface area contributed by atoms with Gasteiger partial charge in [0.15, 0.2) is 0 Å². The van der Waals surface area contributed by atoms with Crippen LogP contribution in [0, 0.1) is 0 Å². The highest BCUT2D eigenvalue weighted by molar-refractivity contribution is 6.82. The molecule has 0 aromatic rings. The molecule has 0 saturated carbocycles. The van der Waals surface area contributed by atoms with Crippen LogP contribution in [-0.4, -0.2) is 19.1 Å². The predicted molar refractivity (Wildman–Crippen MR) is 77.2 cm³/mol. The van der Waals surface area contributed by atoms with Crippen LogP contribution in [0.1, 0.15) is 47.0 Å². The molecule has 1 atom stereocenters. The first-order valence-electron chi connectivity index (χ1n) is 6.87. The normalized spacial score (nSPS) is 13.4. The number of carboxylic acid groups (broad SMARTS) is 1. The Morgan fingerprint density at radius 3 is 1.71 bits per heavy atom. The van der Waals surface area contributed by atoms with Crippen LogP contribution in [0.3, 0.4) is 0 Å². The van der Waals surface area contributed by atoms with Crippen molar-refractivity contribution in [1.82, 2.24) is 0 Å². The summed E-state index contributed by atoms with van der Waals surface area (Å²) in [5.74, 6) is -0.808. The molecule has 3 heteroatoms. The minimum absolute atomic E-state index is 0.208. The van der Waals surface area contributed by atoms with Gasteiger partial charge in [-0.25, -0.2) is 4.79 Å². The number of aliphatic carboxylic acids is 1. The zero-order valence-electron chi connectivity index (χ0n) is 11.9. The molecule has 0 aliphatic carbocycles. The molecule has 0 spiro atoms. The summed E-state index contributed by atoms with van der Waals surface area (Å²) in [5.41, 5.74) is 0.645. The Morgan fingerprint density at radius 1 is 1.12 bits per heavy atom. The fraction of sp³-hybridized carbons (Fsp3) is 0.786. The average molecular weight is 256 g/mol. The number of rotatable bonds is 9. The summed E-state index contributed by atoms with van der Waals surface area (Å²) in [6, 6.07) is 3.71. The molecule has 0 heterocycles. The van der Waals surface area contributed by atoms with E-state index in [1.807, 2.05) is 0 Å². The number of carboxylic acids is 1. The second-order valence-electron chi connectivity index (χ2n) is 5.16. The summed E-state index contributed by atoms with van der Waals surface area (Å²) in [7, 11) is -1.51. The van der Waals surface area contributed by atoms with E-state index in [9.17, 15) is 4.79 Å². The summed E-state index contributed by atoms with van der Waals surface area (Å²) in [6.45, 7) is 12.5. The third-order valence-electron chi connectivity index (χ3n) is 3.96. The van der Waals surface area contributed by atoms with Crippen molar-refractivity contribution in [3.8, 4) is 0 Å². The van der Waals surface area contributed by atoms with Gasteiger partial charge in [-0.15, -0.1) is 0 Å². The van der Waals surface area contributed by atoms with Crippen molar-refractivity contribution in [2.45, 2.75) is 70.6 Å². The van der Waals surface area contributed by atoms with E-state index in [4.69, 9.17) is 5.11 Å². The molecule has 100 valence electrons. The zero-order valence-corrected chi connectivity index (χ0v) is 12.9. The number of carbonyl (C=O) groups is 1. The summed E-state index contributed by atoms with van der Waals surface area (Å²) < 4.78 is 0. The molecule has 0 aromatic heterocycles. The molecule has 17 heavy (non-hydrogen) atoms. The first-order valence-corrected chi connectivity index (χ1v) is 9.57. The summed E-state index contributed by atoms with van der Waals surface area (Å²) in [5, 5.41) is 9.14. The lowest BCUT2D eigenvalue weighted by Gasteiger charge is -2.37. The Morgan fingerprint density at radius 2 is 1.47 bits per heavy atom. The smallest absolute Gasteiger partial charge is 0.330 e. The van der Waals surface area contributed by atoms with E-state index in [0.29, 0.717) is 5.57 Å². The minimum atomic E-state index is -1.51. The van der Waals surface area contributed by atoms with E-state index < -0.39 is 14.0 Å². The van der Waals surface area contributed by atoms with Gasteiger partial charge in [0, 0.05) is 5.57 Å². The Kier molecular flexibility index (Phi) is 7.44. The van der Waals surface area contributed by atoms with Crippen molar-refractivity contribution in [2.75, 3.05) is 0 Å². The molecule has 1 N–H and O–H groups in total. The van der Waals surface area contributed by atoms with Gasteiger partial charge in [-0.1, -0.05) is 71.7 Å². The van der Waals surface area contributed by atoms with Crippen LogP contribution in [0.15, 0.2) is 12.2 Å². The molecular formula is C14H28O2Si. The van der Waals surface area contributed by atoms with Crippen molar-refractivity contribution in [3.63, 3.8) is 0 Å². The Labute approximate surface area is 107 Å². The van der Waals surface area contributed by atoms with Crippen molar-refractivity contribution in [2.24, 2.45) is 0 Å². The predicted octanol–water partition coefficient (Wildman–Crippen LogP) is 4.70. The first-order chi connectivity index (χ1) is 7.95. The second-order valence-corrected chi connectivity index (χ2v) is 10.3. The Bertz CT molecular complexity index is 244. The van der Waals surface area contributed by atoms with Crippen LogP contribution in [-0.2, 0) is 4.79 Å². The van der Waals surface area contributed by atoms with E-state index >= 15 is 0 Å². The van der Waals surface area contributed by atoms with Crippen LogP contribution in [0.25, 0.3) is 0 Å². The highest BCUT2D eigenvalue weighted by atomic mass is 28.3. The summed E-state index contributed by atoms with van der Waals surface area (Å²) in [6.07, 6.45) is 3.51. The Hall–Kier alpha value is -0.573. The highest BCUT2D eigenvalue weighted by Crippen LogP contribution is 2.40. The number of hydrogen-bond donors (Lipinski definition) is 1. The van der Waals surface area contributed by atoms with Gasteiger partial charge in [0.05, 0.1) is 8.07 Å². The highest BCUT2D eigenvalue weighted by Gasteiger charge is 2.38. The first kappa shape index (κ1) is 16.4. The molecule has 2 nitrogen and oxygen atoms in total.